The van der Waals surface area contributed by atoms with E-state index in [2.05, 4.69) is 46.9 Å². The van der Waals surface area contributed by atoms with E-state index >= 15 is 0 Å². The first-order chi connectivity index (χ1) is 9.17. The van der Waals surface area contributed by atoms with Crippen molar-refractivity contribution < 1.29 is 13.9 Å². The molecule has 0 aromatic carbocycles. The maximum Gasteiger partial charge on any atom is 0.192 e. The zero-order valence-corrected chi connectivity index (χ0v) is 15.0. The summed E-state index contributed by atoms with van der Waals surface area (Å²) in [5.41, 5.74) is 1.44. The number of hydrogen-bond donors (Lipinski definition) is 0. The molecule has 0 unspecified atom stereocenters. The molecule has 20 heavy (non-hydrogen) atoms. The Bertz CT molecular complexity index is 384. The highest BCUT2D eigenvalue weighted by Gasteiger charge is 2.53. The third-order valence-electron chi connectivity index (χ3n) is 5.37. The van der Waals surface area contributed by atoms with E-state index in [1.807, 2.05) is 0 Å². The fraction of sp³-hybridized carbons (Fsp3) is 0.875. The van der Waals surface area contributed by atoms with Gasteiger partial charge in [0.05, 0.1) is 12.2 Å². The van der Waals surface area contributed by atoms with Gasteiger partial charge in [-0.2, -0.15) is 0 Å². The smallest absolute Gasteiger partial charge is 0.192 e. The van der Waals surface area contributed by atoms with Gasteiger partial charge in [-0.25, -0.2) is 0 Å². The number of hydrogen-bond acceptors (Lipinski definition) is 3. The van der Waals surface area contributed by atoms with Gasteiger partial charge in [0.15, 0.2) is 8.32 Å². The van der Waals surface area contributed by atoms with Crippen LogP contribution in [0.25, 0.3) is 0 Å². The van der Waals surface area contributed by atoms with Crippen molar-refractivity contribution in [1.29, 1.82) is 0 Å². The first-order valence-electron chi connectivity index (χ1n) is 7.64. The normalized spacial score (nSPS) is 33.6. The summed E-state index contributed by atoms with van der Waals surface area (Å²) in [5.74, 6) is 1.16. The molecule has 0 aliphatic heterocycles. The van der Waals surface area contributed by atoms with Crippen molar-refractivity contribution in [3.8, 4) is 0 Å². The maximum atomic E-state index is 6.59. The molecule has 4 heteroatoms. The lowest BCUT2D eigenvalue weighted by molar-refractivity contribution is -0.110. The van der Waals surface area contributed by atoms with Gasteiger partial charge in [0.2, 0.25) is 0 Å². The Morgan fingerprint density at radius 1 is 1.30 bits per heavy atom. The molecule has 4 atom stereocenters. The number of fused-ring (bicyclic) bond motifs is 1. The van der Waals surface area contributed by atoms with Crippen molar-refractivity contribution in [3.05, 3.63) is 11.6 Å². The highest BCUT2D eigenvalue weighted by molar-refractivity contribution is 6.74. The highest BCUT2D eigenvalue weighted by atomic mass is 28.4. The highest BCUT2D eigenvalue weighted by Crippen LogP contribution is 2.52. The van der Waals surface area contributed by atoms with Crippen molar-refractivity contribution >= 4 is 8.32 Å². The molecule has 0 saturated heterocycles. The second-order valence-electron chi connectivity index (χ2n) is 7.79. The summed E-state index contributed by atoms with van der Waals surface area (Å²) in [6.45, 7) is 14.2. The first kappa shape index (κ1) is 16.2. The van der Waals surface area contributed by atoms with Gasteiger partial charge < -0.3 is 13.9 Å². The van der Waals surface area contributed by atoms with Crippen LogP contribution < -0.4 is 0 Å². The Labute approximate surface area is 124 Å². The van der Waals surface area contributed by atoms with Crippen molar-refractivity contribution in [1.82, 2.24) is 0 Å². The maximum absolute atomic E-state index is 6.59. The van der Waals surface area contributed by atoms with Crippen molar-refractivity contribution in [2.24, 2.45) is 11.8 Å². The molecule has 0 aromatic heterocycles. The molecule has 1 saturated carbocycles. The van der Waals surface area contributed by atoms with Crippen LogP contribution in [0.15, 0.2) is 11.6 Å². The predicted octanol–water partition coefficient (Wildman–Crippen LogP) is 3.96. The Hall–Kier alpha value is -0.163. The zero-order chi connectivity index (χ0) is 15.1. The van der Waals surface area contributed by atoms with Crippen molar-refractivity contribution in [2.45, 2.75) is 64.5 Å². The minimum absolute atomic E-state index is 0.221. The molecular formula is C16H30O3Si. The molecule has 0 spiro atoms. The van der Waals surface area contributed by atoms with Crippen LogP contribution >= 0.6 is 0 Å². The minimum atomic E-state index is -1.67. The molecule has 2 rings (SSSR count). The molecule has 0 aromatic rings. The summed E-state index contributed by atoms with van der Waals surface area (Å²) in [6, 6.07) is 0. The van der Waals surface area contributed by atoms with Crippen LogP contribution in [0, 0.1) is 11.8 Å². The second kappa shape index (κ2) is 5.56. The topological polar surface area (TPSA) is 27.7 Å². The van der Waals surface area contributed by atoms with Gasteiger partial charge >= 0.3 is 0 Å². The van der Waals surface area contributed by atoms with Crippen molar-refractivity contribution in [3.63, 3.8) is 0 Å². The minimum Gasteiger partial charge on any atom is -0.413 e. The van der Waals surface area contributed by atoms with Gasteiger partial charge in [-0.15, -0.1) is 0 Å². The molecule has 116 valence electrons. The molecule has 0 bridgehead atoms. The third kappa shape index (κ3) is 2.89. The lowest BCUT2D eigenvalue weighted by Gasteiger charge is -2.49. The average Bonchev–Trinajstić information content (AvgIpc) is 2.52. The van der Waals surface area contributed by atoms with Crippen LogP contribution in [-0.4, -0.2) is 34.4 Å². The quantitative estimate of drug-likeness (QED) is 0.437. The van der Waals surface area contributed by atoms with E-state index in [9.17, 15) is 0 Å². The van der Waals surface area contributed by atoms with E-state index in [0.717, 1.165) is 6.42 Å². The fourth-order valence-corrected chi connectivity index (χ4v) is 4.45. The summed E-state index contributed by atoms with van der Waals surface area (Å²) >= 11 is 0. The lowest BCUT2D eigenvalue weighted by atomic mass is 9.70. The standard InChI is InChI=1S/C16H30O3Si/c1-11-8-13(18-10-17-5)12-9-14(15(11)12)19-20(6,7)16(2,3)4/h8,12-15H,9-10H2,1-7H3/t12-,13-,14-,15+/m0/s1. The Balaban J connectivity index is 1.96. The van der Waals surface area contributed by atoms with E-state index in [1.54, 1.807) is 7.11 Å². The van der Waals surface area contributed by atoms with Crippen LogP contribution in [0.2, 0.25) is 18.1 Å². The van der Waals surface area contributed by atoms with E-state index < -0.39 is 8.32 Å². The summed E-state index contributed by atoms with van der Waals surface area (Å²) in [4.78, 5) is 0. The molecule has 1 fully saturated rings. The summed E-state index contributed by atoms with van der Waals surface area (Å²) < 4.78 is 17.4. The molecule has 0 N–H and O–H groups in total. The monoisotopic (exact) mass is 298 g/mol. The SMILES string of the molecule is COCO[C@H]1C=C(C)[C@@H]2[C@H]1C[C@@H]2O[Si](C)(C)C(C)(C)C. The Morgan fingerprint density at radius 3 is 2.50 bits per heavy atom. The molecule has 2 aliphatic carbocycles. The molecule has 0 amide bonds. The second-order valence-corrected chi connectivity index (χ2v) is 12.5. The Kier molecular flexibility index (Phi) is 4.51. The third-order valence-corrected chi connectivity index (χ3v) is 9.88. The van der Waals surface area contributed by atoms with Crippen LogP contribution in [0.3, 0.4) is 0 Å². The predicted molar refractivity (Wildman–Crippen MR) is 84.2 cm³/mol. The van der Waals surface area contributed by atoms with Gasteiger partial charge in [-0.05, 0) is 31.5 Å². The lowest BCUT2D eigenvalue weighted by Crippen LogP contribution is -2.53. The van der Waals surface area contributed by atoms with E-state index in [0.29, 0.717) is 24.7 Å². The van der Waals surface area contributed by atoms with Gasteiger partial charge in [0.25, 0.3) is 0 Å². The molecule has 3 nitrogen and oxygen atoms in total. The summed E-state index contributed by atoms with van der Waals surface area (Å²) in [7, 11) is 0.00644. The fourth-order valence-electron chi connectivity index (χ4n) is 3.10. The largest absolute Gasteiger partial charge is 0.413 e. The van der Waals surface area contributed by atoms with Gasteiger partial charge in [0, 0.05) is 18.9 Å². The molecule has 0 radical (unpaired) electrons. The van der Waals surface area contributed by atoms with Crippen LogP contribution in [-0.2, 0) is 13.9 Å². The zero-order valence-electron chi connectivity index (χ0n) is 14.0. The van der Waals surface area contributed by atoms with Crippen LogP contribution in [0.4, 0.5) is 0 Å². The van der Waals surface area contributed by atoms with E-state index in [1.165, 1.54) is 5.57 Å². The summed E-state index contributed by atoms with van der Waals surface area (Å²) in [6.07, 6.45) is 4.01. The number of rotatable bonds is 5. The van der Waals surface area contributed by atoms with Gasteiger partial charge in [-0.3, -0.25) is 0 Å². The van der Waals surface area contributed by atoms with Crippen LogP contribution in [0.5, 0.6) is 0 Å². The van der Waals surface area contributed by atoms with Gasteiger partial charge in [0.1, 0.15) is 6.79 Å². The Morgan fingerprint density at radius 2 is 1.95 bits per heavy atom. The van der Waals surface area contributed by atoms with Gasteiger partial charge in [-0.1, -0.05) is 32.4 Å². The first-order valence-corrected chi connectivity index (χ1v) is 10.5. The molecule has 0 heterocycles. The van der Waals surface area contributed by atoms with E-state index in [4.69, 9.17) is 13.9 Å². The van der Waals surface area contributed by atoms with E-state index in [-0.39, 0.29) is 11.1 Å². The number of ether oxygens (including phenoxy) is 2. The molecular weight excluding hydrogens is 268 g/mol. The summed E-state index contributed by atoms with van der Waals surface area (Å²) in [5, 5.41) is 0.278. The van der Waals surface area contributed by atoms with Crippen molar-refractivity contribution in [2.75, 3.05) is 13.9 Å². The number of methoxy groups -OCH3 is 1. The molecule has 2 aliphatic rings. The average molecular weight is 298 g/mol. The van der Waals surface area contributed by atoms with Crippen LogP contribution in [0.1, 0.15) is 34.1 Å².